The molecule has 1 heterocycles. The zero-order chi connectivity index (χ0) is 15.2. The van der Waals surface area contributed by atoms with Crippen molar-refractivity contribution < 1.29 is 24.9 Å². The van der Waals surface area contributed by atoms with E-state index in [1.165, 1.54) is 0 Å². The summed E-state index contributed by atoms with van der Waals surface area (Å²) in [6.45, 7) is 5.23. The van der Waals surface area contributed by atoms with E-state index in [1.807, 2.05) is 31.2 Å². The van der Waals surface area contributed by atoms with Gasteiger partial charge >= 0.3 is 0 Å². The number of aliphatic carboxylic acids is 1. The number of carbonyl (C=O) groups is 2. The molecular formula is C15H22N3O3+. The average molecular weight is 292 g/mol. The Kier molecular flexibility index (Phi) is 5.30. The molecule has 0 aliphatic carbocycles. The van der Waals surface area contributed by atoms with E-state index in [1.54, 1.807) is 0 Å². The molecule has 6 heteroatoms. The molecule has 0 bridgehead atoms. The van der Waals surface area contributed by atoms with E-state index in [0.717, 1.165) is 36.6 Å². The number of hydrogen-bond donors (Lipinski definition) is 3. The maximum absolute atomic E-state index is 12.0. The molecule has 114 valence electrons. The molecule has 1 aromatic rings. The molecular weight excluding hydrogens is 270 g/mol. The number of carboxylic acid groups (broad SMARTS) is 1. The first-order chi connectivity index (χ1) is 10.1. The van der Waals surface area contributed by atoms with Gasteiger partial charge in [-0.1, -0.05) is 17.7 Å². The van der Waals surface area contributed by atoms with Gasteiger partial charge in [-0.3, -0.25) is 4.79 Å². The lowest BCUT2D eigenvalue weighted by Gasteiger charge is -2.30. The lowest BCUT2D eigenvalue weighted by Crippen LogP contribution is -3.24. The van der Waals surface area contributed by atoms with Gasteiger partial charge in [0.15, 0.2) is 0 Å². The normalized spacial score (nSPS) is 17.2. The van der Waals surface area contributed by atoms with Crippen molar-refractivity contribution in [3.05, 3.63) is 29.8 Å². The molecule has 1 saturated heterocycles. The maximum Gasteiger partial charge on any atom is 0.230 e. The number of quaternary nitrogens is 2. The van der Waals surface area contributed by atoms with Crippen molar-refractivity contribution >= 4 is 17.6 Å². The molecule has 1 amide bonds. The summed E-state index contributed by atoms with van der Waals surface area (Å²) < 4.78 is 0. The van der Waals surface area contributed by atoms with Crippen molar-refractivity contribution in [1.29, 1.82) is 0 Å². The molecule has 1 aromatic carbocycles. The Morgan fingerprint density at radius 3 is 2.48 bits per heavy atom. The Morgan fingerprint density at radius 2 is 1.90 bits per heavy atom. The van der Waals surface area contributed by atoms with Gasteiger partial charge in [-0.05, 0) is 19.1 Å². The Balaban J connectivity index is 1.94. The second kappa shape index (κ2) is 7.19. The number of carbonyl (C=O) groups excluding carboxylic acids is 2. The van der Waals surface area contributed by atoms with Crippen molar-refractivity contribution in [2.75, 3.05) is 31.5 Å². The van der Waals surface area contributed by atoms with Gasteiger partial charge in [-0.2, -0.15) is 0 Å². The predicted molar refractivity (Wildman–Crippen MR) is 75.6 cm³/mol. The zero-order valence-electron chi connectivity index (χ0n) is 12.2. The number of carboxylic acids is 1. The maximum atomic E-state index is 12.0. The average Bonchev–Trinajstić information content (AvgIpc) is 2.48. The van der Waals surface area contributed by atoms with E-state index in [9.17, 15) is 14.7 Å². The van der Waals surface area contributed by atoms with Crippen LogP contribution in [0.5, 0.6) is 0 Å². The van der Waals surface area contributed by atoms with Gasteiger partial charge in [0.1, 0.15) is 32.2 Å². The molecule has 1 aliphatic heterocycles. The van der Waals surface area contributed by atoms with Crippen molar-refractivity contribution in [2.45, 2.75) is 19.4 Å². The number of anilines is 1. The first-order valence-corrected chi connectivity index (χ1v) is 7.30. The third kappa shape index (κ3) is 4.54. The minimum atomic E-state index is -1.15. The van der Waals surface area contributed by atoms with Gasteiger partial charge < -0.3 is 25.4 Å². The van der Waals surface area contributed by atoms with E-state index in [0.29, 0.717) is 5.69 Å². The van der Waals surface area contributed by atoms with Crippen LogP contribution in [0.1, 0.15) is 12.0 Å². The molecule has 0 spiro atoms. The third-order valence-corrected chi connectivity index (χ3v) is 3.84. The van der Waals surface area contributed by atoms with Crippen molar-refractivity contribution in [3.63, 3.8) is 0 Å². The molecule has 1 fully saturated rings. The molecule has 1 atom stereocenters. The number of benzene rings is 1. The van der Waals surface area contributed by atoms with Crippen molar-refractivity contribution in [1.82, 2.24) is 0 Å². The number of rotatable bonds is 5. The van der Waals surface area contributed by atoms with Crippen LogP contribution in [0.25, 0.3) is 0 Å². The highest BCUT2D eigenvalue weighted by Crippen LogP contribution is 2.09. The molecule has 2 rings (SSSR count). The van der Waals surface area contributed by atoms with Gasteiger partial charge in [-0.15, -0.1) is 0 Å². The van der Waals surface area contributed by atoms with Gasteiger partial charge in [0, 0.05) is 5.69 Å². The van der Waals surface area contributed by atoms with E-state index >= 15 is 0 Å². The van der Waals surface area contributed by atoms with Gasteiger partial charge in [0.2, 0.25) is 5.91 Å². The molecule has 21 heavy (non-hydrogen) atoms. The summed E-state index contributed by atoms with van der Waals surface area (Å²) in [6.07, 6.45) is -0.0501. The van der Waals surface area contributed by atoms with Crippen molar-refractivity contribution in [3.8, 4) is 0 Å². The standard InChI is InChI=1S/C15H21N3O3/c1-11-2-4-12(5-3-11)17-14(19)10-13(15(20)21)18-8-6-16-7-9-18/h2-5,13,16H,6-10H2,1H3,(H,17,19)(H,20,21)/p+1/t13-/m1/s1. The van der Waals surface area contributed by atoms with E-state index in [4.69, 9.17) is 0 Å². The molecule has 0 saturated carbocycles. The Labute approximate surface area is 124 Å². The van der Waals surface area contributed by atoms with Crippen LogP contribution < -0.4 is 20.6 Å². The second-order valence-electron chi connectivity index (χ2n) is 5.51. The SMILES string of the molecule is Cc1ccc(NC(=O)C[C@H](C(=O)[O-])[NH+]2CC[NH2+]CC2)cc1. The predicted octanol–water partition coefficient (Wildman–Crippen LogP) is -3.10. The number of aryl methyl sites for hydroxylation is 1. The topological polar surface area (TPSA) is 90.3 Å². The Morgan fingerprint density at radius 1 is 1.29 bits per heavy atom. The smallest absolute Gasteiger partial charge is 0.230 e. The van der Waals surface area contributed by atoms with Crippen LogP contribution in [-0.4, -0.2) is 44.1 Å². The van der Waals surface area contributed by atoms with Crippen LogP contribution in [0, 0.1) is 6.92 Å². The summed E-state index contributed by atoms with van der Waals surface area (Å²) in [5.74, 6) is -1.43. The largest absolute Gasteiger partial charge is 0.544 e. The first kappa shape index (κ1) is 15.5. The number of nitrogens with two attached hydrogens (primary N) is 1. The summed E-state index contributed by atoms with van der Waals surface area (Å²) in [4.78, 5) is 24.3. The second-order valence-corrected chi connectivity index (χ2v) is 5.51. The minimum absolute atomic E-state index is 0.0501. The quantitative estimate of drug-likeness (QED) is 0.537. The number of hydrogen-bond acceptors (Lipinski definition) is 3. The molecule has 4 N–H and O–H groups in total. The van der Waals surface area contributed by atoms with Crippen LogP contribution >= 0.6 is 0 Å². The molecule has 0 radical (unpaired) electrons. The highest BCUT2D eigenvalue weighted by Gasteiger charge is 2.29. The Hall–Kier alpha value is -1.92. The molecule has 0 unspecified atom stereocenters. The summed E-state index contributed by atoms with van der Waals surface area (Å²) in [6, 6.07) is 6.65. The van der Waals surface area contributed by atoms with Gasteiger partial charge in [-0.25, -0.2) is 0 Å². The van der Waals surface area contributed by atoms with Crippen LogP contribution in [-0.2, 0) is 9.59 Å². The minimum Gasteiger partial charge on any atom is -0.544 e. The lowest BCUT2D eigenvalue weighted by atomic mass is 10.1. The summed E-state index contributed by atoms with van der Waals surface area (Å²) in [7, 11) is 0. The van der Waals surface area contributed by atoms with Crippen LogP contribution in [0.4, 0.5) is 5.69 Å². The first-order valence-electron chi connectivity index (χ1n) is 7.30. The summed E-state index contributed by atoms with van der Waals surface area (Å²) in [5, 5.41) is 16.2. The van der Waals surface area contributed by atoms with Crippen LogP contribution in [0.3, 0.4) is 0 Å². The van der Waals surface area contributed by atoms with Crippen molar-refractivity contribution in [2.24, 2.45) is 0 Å². The fourth-order valence-corrected chi connectivity index (χ4v) is 2.62. The van der Waals surface area contributed by atoms with E-state index in [2.05, 4.69) is 10.6 Å². The van der Waals surface area contributed by atoms with Crippen LogP contribution in [0.2, 0.25) is 0 Å². The Bertz CT molecular complexity index is 495. The summed E-state index contributed by atoms with van der Waals surface area (Å²) in [5.41, 5.74) is 1.79. The molecule has 1 aliphatic rings. The number of piperazine rings is 1. The van der Waals surface area contributed by atoms with E-state index in [-0.39, 0.29) is 12.3 Å². The molecule has 6 nitrogen and oxygen atoms in total. The number of nitrogens with one attached hydrogen (secondary N) is 2. The fraction of sp³-hybridized carbons (Fsp3) is 0.467. The number of amides is 1. The highest BCUT2D eigenvalue weighted by molar-refractivity contribution is 5.93. The van der Waals surface area contributed by atoms with Gasteiger partial charge in [0.25, 0.3) is 0 Å². The zero-order valence-corrected chi connectivity index (χ0v) is 12.2. The monoisotopic (exact) mass is 292 g/mol. The van der Waals surface area contributed by atoms with Crippen LogP contribution in [0.15, 0.2) is 24.3 Å². The lowest BCUT2D eigenvalue weighted by molar-refractivity contribution is -0.961. The van der Waals surface area contributed by atoms with Gasteiger partial charge in [0.05, 0.1) is 12.4 Å². The van der Waals surface area contributed by atoms with E-state index < -0.39 is 12.0 Å². The molecule has 0 aromatic heterocycles. The third-order valence-electron chi connectivity index (χ3n) is 3.84. The highest BCUT2D eigenvalue weighted by atomic mass is 16.4. The summed E-state index contributed by atoms with van der Waals surface area (Å²) >= 11 is 0. The fourth-order valence-electron chi connectivity index (χ4n) is 2.62.